The number of aryl methyl sites for hydroxylation is 2. The van der Waals surface area contributed by atoms with Crippen LogP contribution >= 0.6 is 45.7 Å². The van der Waals surface area contributed by atoms with E-state index in [9.17, 15) is 14.7 Å². The predicted molar refractivity (Wildman–Crippen MR) is 249 cm³/mol. The topological polar surface area (TPSA) is 206 Å². The molecule has 10 rings (SSSR count). The molecule has 2 atom stereocenters. The molecule has 3 N–H and O–H groups in total. The van der Waals surface area contributed by atoms with E-state index in [-0.39, 0.29) is 17.7 Å². The molecule has 0 bridgehead atoms. The number of benzene rings is 2. The summed E-state index contributed by atoms with van der Waals surface area (Å²) >= 11 is 5.90. The van der Waals surface area contributed by atoms with E-state index in [0.717, 1.165) is 107 Å². The van der Waals surface area contributed by atoms with Crippen molar-refractivity contribution >= 4 is 121 Å². The lowest BCUT2D eigenvalue weighted by Gasteiger charge is -2.29. The van der Waals surface area contributed by atoms with Crippen molar-refractivity contribution in [2.75, 3.05) is 58.6 Å². The second kappa shape index (κ2) is 18.2. The number of thiophene rings is 2. The van der Waals surface area contributed by atoms with Crippen LogP contribution in [-0.2, 0) is 35.3 Å². The Morgan fingerprint density at radius 3 is 1.73 bits per heavy atom. The van der Waals surface area contributed by atoms with Crippen molar-refractivity contribution in [2.45, 2.75) is 45.4 Å². The van der Waals surface area contributed by atoms with Crippen molar-refractivity contribution in [3.8, 4) is 11.5 Å². The lowest BCUT2D eigenvalue weighted by atomic mass is 9.87. The molecule has 2 aliphatic rings. The van der Waals surface area contributed by atoms with Crippen LogP contribution in [0.25, 0.3) is 40.9 Å². The normalized spacial score (nSPS) is 15.8. The lowest BCUT2D eigenvalue weighted by Crippen LogP contribution is -2.41. The maximum Gasteiger partial charge on any atom is 0.306 e. The van der Waals surface area contributed by atoms with Gasteiger partial charge in [-0.05, 0) is 106 Å². The number of hydrogen-bond donors (Lipinski definition) is 3. The SMILES string of the molecule is CCN(CCN(C)C)C(=O)[C@H]1CCc2c(sc3ncnc(Nc4cc5snnc5cc4OC)c23)C1.COc1cc2nnsc2cc1Nc1ncnc2sc3c(c12)CC[C@H](C(=O)O)C3. The average Bonchev–Trinajstić information content (AvgIpc) is 4.10. The van der Waals surface area contributed by atoms with Crippen LogP contribution in [0.4, 0.5) is 23.0 Å². The summed E-state index contributed by atoms with van der Waals surface area (Å²) in [4.78, 5) is 50.9. The second-order valence-electron chi connectivity index (χ2n) is 15.6. The van der Waals surface area contributed by atoms with Crippen molar-refractivity contribution in [3.05, 3.63) is 57.8 Å². The van der Waals surface area contributed by atoms with Gasteiger partial charge in [0.25, 0.3) is 0 Å². The van der Waals surface area contributed by atoms with E-state index in [1.54, 1.807) is 43.2 Å². The van der Waals surface area contributed by atoms with Gasteiger partial charge in [-0.2, -0.15) is 0 Å². The molecule has 0 unspecified atom stereocenters. The molecule has 2 aliphatic carbocycles. The van der Waals surface area contributed by atoms with Crippen LogP contribution in [0.1, 0.15) is 40.6 Å². The maximum absolute atomic E-state index is 13.3. The average molecular weight is 925 g/mol. The number of nitrogens with zero attached hydrogens (tertiary/aromatic N) is 10. The number of nitrogens with one attached hydrogen (secondary N) is 2. The molecule has 2 aromatic carbocycles. The number of rotatable bonds is 12. The summed E-state index contributed by atoms with van der Waals surface area (Å²) < 4.78 is 21.0. The van der Waals surface area contributed by atoms with Gasteiger partial charge in [0.05, 0.1) is 51.7 Å². The Kier molecular flexibility index (Phi) is 12.3. The first-order valence-electron chi connectivity index (χ1n) is 20.4. The van der Waals surface area contributed by atoms with Gasteiger partial charge in [0, 0.05) is 47.4 Å². The molecule has 1 amide bonds. The summed E-state index contributed by atoms with van der Waals surface area (Å²) in [6.45, 7) is 4.43. The van der Waals surface area contributed by atoms with E-state index in [0.29, 0.717) is 36.6 Å². The van der Waals surface area contributed by atoms with Crippen molar-refractivity contribution in [1.82, 2.24) is 48.9 Å². The number of carboxylic acids is 1. The first-order chi connectivity index (χ1) is 30.6. The Morgan fingerprint density at radius 1 is 0.746 bits per heavy atom. The zero-order valence-electron chi connectivity index (χ0n) is 35.2. The highest BCUT2D eigenvalue weighted by Crippen LogP contribution is 2.44. The Hall–Kier alpha value is -5.74. The van der Waals surface area contributed by atoms with E-state index in [2.05, 4.69) is 61.6 Å². The number of aromatic nitrogens is 8. The number of anilines is 4. The monoisotopic (exact) mass is 924 g/mol. The molecule has 0 fully saturated rings. The van der Waals surface area contributed by atoms with Crippen LogP contribution in [0.15, 0.2) is 36.9 Å². The minimum atomic E-state index is -0.733. The summed E-state index contributed by atoms with van der Waals surface area (Å²) in [6.07, 6.45) is 7.45. The fourth-order valence-corrected chi connectivity index (χ4v) is 11.9. The third-order valence-electron chi connectivity index (χ3n) is 11.5. The molecule has 0 saturated heterocycles. The number of likely N-dealkylation sites (N-methyl/N-ethyl adjacent to an activating group) is 2. The number of amides is 1. The fourth-order valence-electron chi connectivity index (χ4n) is 8.24. The van der Waals surface area contributed by atoms with Crippen LogP contribution in [-0.4, -0.2) is 114 Å². The Morgan fingerprint density at radius 2 is 1.25 bits per heavy atom. The van der Waals surface area contributed by atoms with Crippen LogP contribution < -0.4 is 20.1 Å². The van der Waals surface area contributed by atoms with Gasteiger partial charge in [-0.1, -0.05) is 8.98 Å². The minimum absolute atomic E-state index is 0.0170. The summed E-state index contributed by atoms with van der Waals surface area (Å²) in [6, 6.07) is 7.67. The number of ether oxygens (including phenoxy) is 2. The molecule has 0 aliphatic heterocycles. The van der Waals surface area contributed by atoms with Gasteiger partial charge < -0.3 is 35.0 Å². The molecule has 6 heterocycles. The molecule has 8 aromatic rings. The molecular formula is C42H44N12O5S4. The molecule has 326 valence electrons. The quantitative estimate of drug-likeness (QED) is 0.108. The Labute approximate surface area is 377 Å². The standard InChI is InChI=1S/C24H29N7O2S2.C18H15N5O3S2/c1-5-31(9-8-30(2)3)24(32)14-6-7-15-19(10-14)34-23-21(15)22(25-13-26-23)27-16-12-20-17(28-29-35-20)11-18(16)33-4;1-26-12-5-11-14(28-23-22-11)6-10(12)21-16-15-9-3-2-8(18(24)25)4-13(9)27-17(15)20-7-19-16/h11-14H,5-10H2,1-4H3,(H,25,26,27);5-8H,2-4H2,1H3,(H,24,25)(H,19,20,21)/t14-;8-/m00/s1. The summed E-state index contributed by atoms with van der Waals surface area (Å²) in [7, 11) is 7.33. The fraction of sp³-hybridized carbons (Fsp3) is 0.381. The largest absolute Gasteiger partial charge is 0.494 e. The molecular weight excluding hydrogens is 881 g/mol. The predicted octanol–water partition coefficient (Wildman–Crippen LogP) is 7.60. The Balaban J connectivity index is 0.000000164. The van der Waals surface area contributed by atoms with Crippen molar-refractivity contribution in [3.63, 3.8) is 0 Å². The number of methoxy groups -OCH3 is 2. The molecule has 63 heavy (non-hydrogen) atoms. The van der Waals surface area contributed by atoms with Gasteiger partial charge in [0.1, 0.15) is 56.5 Å². The molecule has 0 radical (unpaired) electrons. The van der Waals surface area contributed by atoms with E-state index in [1.807, 2.05) is 43.3 Å². The summed E-state index contributed by atoms with van der Waals surface area (Å²) in [5, 5.41) is 26.5. The number of carboxylic acid groups (broad SMARTS) is 1. The van der Waals surface area contributed by atoms with E-state index in [4.69, 9.17) is 9.47 Å². The van der Waals surface area contributed by atoms with E-state index in [1.165, 1.54) is 39.8 Å². The summed E-state index contributed by atoms with van der Waals surface area (Å²) in [5.41, 5.74) is 5.59. The lowest BCUT2D eigenvalue weighted by molar-refractivity contribution is -0.142. The van der Waals surface area contributed by atoms with Gasteiger partial charge >= 0.3 is 5.97 Å². The van der Waals surface area contributed by atoms with Gasteiger partial charge in [-0.25, -0.2) is 19.9 Å². The number of carbonyl (C=O) groups excluding carboxylic acids is 1. The summed E-state index contributed by atoms with van der Waals surface area (Å²) in [5.74, 6) is 2.02. The molecule has 21 heteroatoms. The van der Waals surface area contributed by atoms with Crippen molar-refractivity contribution < 1.29 is 24.2 Å². The first-order valence-corrected chi connectivity index (χ1v) is 23.6. The molecule has 0 saturated carbocycles. The molecule has 6 aromatic heterocycles. The van der Waals surface area contributed by atoms with E-state index >= 15 is 0 Å². The number of fused-ring (bicyclic) bond motifs is 8. The first kappa shape index (κ1) is 42.6. The number of hydrogen-bond acceptors (Lipinski definition) is 19. The van der Waals surface area contributed by atoms with Crippen molar-refractivity contribution in [2.24, 2.45) is 11.8 Å². The van der Waals surface area contributed by atoms with Gasteiger partial charge in [0.2, 0.25) is 5.91 Å². The van der Waals surface area contributed by atoms with Crippen LogP contribution in [0.2, 0.25) is 0 Å². The van der Waals surface area contributed by atoms with E-state index < -0.39 is 5.97 Å². The second-order valence-corrected chi connectivity index (χ2v) is 19.3. The third-order valence-corrected chi connectivity index (χ3v) is 15.2. The van der Waals surface area contributed by atoms with Gasteiger partial charge in [0.15, 0.2) is 0 Å². The zero-order chi connectivity index (χ0) is 43.8. The Bertz CT molecular complexity index is 2980. The van der Waals surface area contributed by atoms with Crippen LogP contribution in [0, 0.1) is 11.8 Å². The third kappa shape index (κ3) is 8.54. The van der Waals surface area contributed by atoms with Gasteiger partial charge in [-0.15, -0.1) is 32.9 Å². The maximum atomic E-state index is 13.3. The van der Waals surface area contributed by atoms with Gasteiger partial charge in [-0.3, -0.25) is 9.59 Å². The minimum Gasteiger partial charge on any atom is -0.494 e. The highest BCUT2D eigenvalue weighted by Gasteiger charge is 2.32. The highest BCUT2D eigenvalue weighted by molar-refractivity contribution is 7.19. The highest BCUT2D eigenvalue weighted by atomic mass is 32.1. The number of carbonyl (C=O) groups is 2. The smallest absolute Gasteiger partial charge is 0.306 e. The molecule has 0 spiro atoms. The van der Waals surface area contributed by atoms with Crippen LogP contribution in [0.5, 0.6) is 11.5 Å². The molecule has 17 nitrogen and oxygen atoms in total. The van der Waals surface area contributed by atoms with Crippen LogP contribution in [0.3, 0.4) is 0 Å². The zero-order valence-corrected chi connectivity index (χ0v) is 38.4. The number of aliphatic carboxylic acids is 1. The van der Waals surface area contributed by atoms with Crippen molar-refractivity contribution in [1.29, 1.82) is 0 Å².